The highest BCUT2D eigenvalue weighted by Crippen LogP contribution is 2.34. The second kappa shape index (κ2) is 11.4. The van der Waals surface area contributed by atoms with Gasteiger partial charge in [0.15, 0.2) is 0 Å². The monoisotopic (exact) mass is 494 g/mol. The molecule has 3 heterocycles. The van der Waals surface area contributed by atoms with E-state index in [0.717, 1.165) is 57.1 Å². The van der Waals surface area contributed by atoms with E-state index in [4.69, 9.17) is 9.47 Å². The van der Waals surface area contributed by atoms with Crippen LogP contribution in [0, 0.1) is 0 Å². The molecule has 3 aliphatic heterocycles. The van der Waals surface area contributed by atoms with Crippen molar-refractivity contribution in [1.82, 2.24) is 20.4 Å². The Balaban J connectivity index is 1.13. The summed E-state index contributed by atoms with van der Waals surface area (Å²) in [5, 5.41) is 16.3. The summed E-state index contributed by atoms with van der Waals surface area (Å²) in [6, 6.07) is 13.4. The summed E-state index contributed by atoms with van der Waals surface area (Å²) in [5.74, 6) is 0.342. The van der Waals surface area contributed by atoms with Crippen LogP contribution in [0.25, 0.3) is 0 Å². The summed E-state index contributed by atoms with van der Waals surface area (Å²) >= 11 is 0. The van der Waals surface area contributed by atoms with Crippen LogP contribution >= 0.6 is 0 Å². The number of nitrogens with zero attached hydrogens (tertiary/aromatic N) is 2. The molecule has 3 aliphatic rings. The molecule has 0 radical (unpaired) electrons. The van der Waals surface area contributed by atoms with Gasteiger partial charge in [0, 0.05) is 50.3 Å². The highest BCUT2D eigenvalue weighted by molar-refractivity contribution is 5.99. The SMILES string of the molecule is O=C1CCC(N2Cc3c(OCc4ccc(CNCCN5CCOCC5)cc4)cccc3C2=O)C(O)N1. The number of carbonyl (C=O) groups excluding carboxylic acids is 2. The molecule has 2 unspecified atom stereocenters. The summed E-state index contributed by atoms with van der Waals surface area (Å²) in [7, 11) is 0. The lowest BCUT2D eigenvalue weighted by Gasteiger charge is -2.35. The molecule has 5 rings (SSSR count). The van der Waals surface area contributed by atoms with E-state index in [2.05, 4.69) is 39.8 Å². The largest absolute Gasteiger partial charge is 0.489 e. The molecule has 2 saturated heterocycles. The number of nitrogens with one attached hydrogen (secondary N) is 2. The highest BCUT2D eigenvalue weighted by Gasteiger charge is 2.40. The van der Waals surface area contributed by atoms with E-state index in [9.17, 15) is 14.7 Å². The first-order valence-electron chi connectivity index (χ1n) is 12.7. The number of amides is 2. The van der Waals surface area contributed by atoms with Crippen molar-refractivity contribution in [3.63, 3.8) is 0 Å². The Bertz CT molecular complexity index is 1070. The van der Waals surface area contributed by atoms with Gasteiger partial charge in [-0.3, -0.25) is 14.5 Å². The maximum Gasteiger partial charge on any atom is 0.255 e. The molecule has 0 saturated carbocycles. The summed E-state index contributed by atoms with van der Waals surface area (Å²) in [6.45, 7) is 7.23. The minimum atomic E-state index is -1.05. The molecule has 36 heavy (non-hydrogen) atoms. The Labute approximate surface area is 211 Å². The van der Waals surface area contributed by atoms with Crippen LogP contribution in [-0.2, 0) is 29.2 Å². The zero-order valence-corrected chi connectivity index (χ0v) is 20.4. The molecule has 2 fully saturated rings. The number of morpholine rings is 1. The van der Waals surface area contributed by atoms with Gasteiger partial charge >= 0.3 is 0 Å². The van der Waals surface area contributed by atoms with Crippen LogP contribution in [0.3, 0.4) is 0 Å². The van der Waals surface area contributed by atoms with Crippen LogP contribution in [-0.4, -0.2) is 78.4 Å². The Kier molecular flexibility index (Phi) is 7.81. The summed E-state index contributed by atoms with van der Waals surface area (Å²) in [6.07, 6.45) is -0.316. The van der Waals surface area contributed by atoms with E-state index < -0.39 is 12.3 Å². The highest BCUT2D eigenvalue weighted by atomic mass is 16.5. The fourth-order valence-corrected chi connectivity index (χ4v) is 5.03. The predicted molar refractivity (Wildman–Crippen MR) is 133 cm³/mol. The summed E-state index contributed by atoms with van der Waals surface area (Å²) in [5.41, 5.74) is 3.69. The second-order valence-corrected chi connectivity index (χ2v) is 9.57. The van der Waals surface area contributed by atoms with Crippen molar-refractivity contribution in [3.8, 4) is 5.75 Å². The van der Waals surface area contributed by atoms with Gasteiger partial charge < -0.3 is 30.1 Å². The van der Waals surface area contributed by atoms with Gasteiger partial charge in [0.25, 0.3) is 5.91 Å². The molecular weight excluding hydrogens is 460 g/mol. The molecule has 0 aliphatic carbocycles. The number of hydrogen-bond donors (Lipinski definition) is 3. The lowest BCUT2D eigenvalue weighted by atomic mass is 10.0. The van der Waals surface area contributed by atoms with Crippen molar-refractivity contribution in [2.75, 3.05) is 39.4 Å². The molecule has 9 nitrogen and oxygen atoms in total. The van der Waals surface area contributed by atoms with Gasteiger partial charge in [0.05, 0.1) is 25.8 Å². The molecule has 0 spiro atoms. The quantitative estimate of drug-likeness (QED) is 0.451. The molecule has 3 N–H and O–H groups in total. The molecule has 2 amide bonds. The molecule has 192 valence electrons. The summed E-state index contributed by atoms with van der Waals surface area (Å²) in [4.78, 5) is 28.6. The van der Waals surface area contributed by atoms with Crippen LogP contribution in [0.2, 0.25) is 0 Å². The number of aliphatic hydroxyl groups excluding tert-OH is 1. The predicted octanol–water partition coefficient (Wildman–Crippen LogP) is 1.24. The third-order valence-electron chi connectivity index (χ3n) is 7.15. The van der Waals surface area contributed by atoms with Gasteiger partial charge in [0.1, 0.15) is 18.6 Å². The van der Waals surface area contributed by atoms with E-state index in [1.807, 2.05) is 12.1 Å². The number of fused-ring (bicyclic) bond motifs is 1. The first-order valence-corrected chi connectivity index (χ1v) is 12.7. The van der Waals surface area contributed by atoms with Crippen LogP contribution in [0.15, 0.2) is 42.5 Å². The maximum absolute atomic E-state index is 13.0. The number of carbonyl (C=O) groups is 2. The van der Waals surface area contributed by atoms with Gasteiger partial charge in [-0.15, -0.1) is 0 Å². The third-order valence-corrected chi connectivity index (χ3v) is 7.15. The molecule has 2 aromatic carbocycles. The molecule has 2 aromatic rings. The number of ether oxygens (including phenoxy) is 2. The maximum atomic E-state index is 13.0. The number of hydrogen-bond acceptors (Lipinski definition) is 7. The minimum Gasteiger partial charge on any atom is -0.489 e. The van der Waals surface area contributed by atoms with Crippen LogP contribution in [0.1, 0.15) is 39.9 Å². The Morgan fingerprint density at radius 1 is 1.08 bits per heavy atom. The summed E-state index contributed by atoms with van der Waals surface area (Å²) < 4.78 is 11.5. The first-order chi connectivity index (χ1) is 17.6. The zero-order chi connectivity index (χ0) is 24.9. The van der Waals surface area contributed by atoms with Crippen molar-refractivity contribution in [3.05, 3.63) is 64.7 Å². The lowest BCUT2D eigenvalue weighted by molar-refractivity contribution is -0.129. The van der Waals surface area contributed by atoms with Gasteiger partial charge in [-0.05, 0) is 29.7 Å². The third kappa shape index (κ3) is 5.70. The van der Waals surface area contributed by atoms with Gasteiger partial charge in [0.2, 0.25) is 5.91 Å². The fraction of sp³-hybridized carbons (Fsp3) is 0.481. The lowest BCUT2D eigenvalue weighted by Crippen LogP contribution is -2.55. The van der Waals surface area contributed by atoms with Crippen LogP contribution < -0.4 is 15.4 Å². The normalized spacial score (nSPS) is 22.4. The number of rotatable bonds is 9. The average molecular weight is 495 g/mol. The van der Waals surface area contributed by atoms with Gasteiger partial charge in [-0.25, -0.2) is 0 Å². The average Bonchev–Trinajstić information content (AvgIpc) is 3.23. The fourth-order valence-electron chi connectivity index (χ4n) is 5.03. The van der Waals surface area contributed by atoms with Crippen molar-refractivity contribution < 1.29 is 24.2 Å². The minimum absolute atomic E-state index is 0.138. The topological polar surface area (TPSA) is 103 Å². The number of piperidine rings is 1. The van der Waals surface area contributed by atoms with Gasteiger partial charge in [-0.2, -0.15) is 0 Å². The smallest absolute Gasteiger partial charge is 0.255 e. The van der Waals surface area contributed by atoms with Crippen LogP contribution in [0.4, 0.5) is 0 Å². The Morgan fingerprint density at radius 3 is 2.64 bits per heavy atom. The molecule has 2 atom stereocenters. The molecule has 0 aromatic heterocycles. The van der Waals surface area contributed by atoms with Crippen molar-refractivity contribution in [1.29, 1.82) is 0 Å². The van der Waals surface area contributed by atoms with Crippen molar-refractivity contribution in [2.45, 2.75) is 44.8 Å². The second-order valence-electron chi connectivity index (χ2n) is 9.57. The van der Waals surface area contributed by atoms with Crippen molar-refractivity contribution >= 4 is 11.8 Å². The molecular formula is C27H34N4O5. The Morgan fingerprint density at radius 2 is 1.86 bits per heavy atom. The van der Waals surface area contributed by atoms with Gasteiger partial charge in [-0.1, -0.05) is 30.3 Å². The first kappa shape index (κ1) is 24.7. The van der Waals surface area contributed by atoms with E-state index in [0.29, 0.717) is 37.3 Å². The van der Waals surface area contributed by atoms with Crippen molar-refractivity contribution in [2.24, 2.45) is 0 Å². The van der Waals surface area contributed by atoms with E-state index in [-0.39, 0.29) is 11.8 Å². The number of benzene rings is 2. The number of aliphatic hydroxyl groups is 1. The Hall–Kier alpha value is -2.98. The van der Waals surface area contributed by atoms with E-state index in [1.165, 1.54) is 5.56 Å². The zero-order valence-electron chi connectivity index (χ0n) is 20.4. The standard InChI is InChI=1S/C27H34N4O5/c32-25-9-8-23(26(33)29-25)31-17-22-21(27(31)34)2-1-3-24(22)36-18-20-6-4-19(5-7-20)16-28-10-11-30-12-14-35-15-13-30/h1-7,23,26,28,33H,8-18H2,(H,29,32). The molecule has 9 heteroatoms. The van der Waals surface area contributed by atoms with E-state index in [1.54, 1.807) is 11.0 Å². The van der Waals surface area contributed by atoms with Crippen LogP contribution in [0.5, 0.6) is 5.75 Å². The molecule has 0 bridgehead atoms. The van der Waals surface area contributed by atoms with E-state index >= 15 is 0 Å².